The molecule has 178 valence electrons. The molecule has 0 aliphatic heterocycles. The summed E-state index contributed by atoms with van der Waals surface area (Å²) < 4.78 is 4.81. The molecular formula is C26H22N2O6S. The monoisotopic (exact) mass is 490 g/mol. The maximum atomic E-state index is 13.4. The number of carboxylic acid groups (broad SMARTS) is 1. The Morgan fingerprint density at radius 1 is 0.886 bits per heavy atom. The number of hydrogen-bond donors (Lipinski definition) is 3. The predicted molar refractivity (Wildman–Crippen MR) is 133 cm³/mol. The van der Waals surface area contributed by atoms with E-state index in [0.717, 1.165) is 17.7 Å². The molecule has 0 fully saturated rings. The van der Waals surface area contributed by atoms with Crippen molar-refractivity contribution in [1.82, 2.24) is 0 Å². The molecule has 0 aliphatic rings. The van der Waals surface area contributed by atoms with Gasteiger partial charge in [0.25, 0.3) is 0 Å². The molecule has 0 spiro atoms. The summed E-state index contributed by atoms with van der Waals surface area (Å²) in [4.78, 5) is 48.7. The second kappa shape index (κ2) is 12.2. The smallest absolute Gasteiger partial charge is 0.339 e. The number of carbonyl (C=O) groups is 4. The number of hydrogen-bond acceptors (Lipinski definition) is 6. The molecule has 3 N–H and O–H groups in total. The number of carbonyl (C=O) groups excluding carboxylic acids is 3. The maximum Gasteiger partial charge on any atom is 0.339 e. The van der Waals surface area contributed by atoms with Crippen LogP contribution in [0.4, 0.5) is 11.4 Å². The predicted octanol–water partition coefficient (Wildman–Crippen LogP) is 4.52. The lowest BCUT2D eigenvalue weighted by Crippen LogP contribution is -2.21. The zero-order valence-electron chi connectivity index (χ0n) is 18.6. The fraction of sp³-hybridized carbons (Fsp3) is 0.0769. The van der Waals surface area contributed by atoms with Gasteiger partial charge in [-0.2, -0.15) is 0 Å². The molecule has 0 aliphatic carbocycles. The minimum Gasteiger partial charge on any atom is -0.478 e. The van der Waals surface area contributed by atoms with Crippen molar-refractivity contribution in [3.8, 4) is 0 Å². The van der Waals surface area contributed by atoms with Gasteiger partial charge >= 0.3 is 11.9 Å². The lowest BCUT2D eigenvalue weighted by molar-refractivity contribution is -0.131. The van der Waals surface area contributed by atoms with Crippen LogP contribution < -0.4 is 10.6 Å². The van der Waals surface area contributed by atoms with E-state index in [2.05, 4.69) is 10.6 Å². The number of anilines is 2. The Hall–Kier alpha value is -4.37. The molecule has 0 radical (unpaired) electrons. The largest absolute Gasteiger partial charge is 0.478 e. The average Bonchev–Trinajstić information content (AvgIpc) is 2.86. The number of nitrogens with one attached hydrogen (secondary N) is 2. The van der Waals surface area contributed by atoms with Gasteiger partial charge in [0.1, 0.15) is 5.25 Å². The molecule has 35 heavy (non-hydrogen) atoms. The summed E-state index contributed by atoms with van der Waals surface area (Å²) in [7, 11) is 1.27. The molecule has 0 bridgehead atoms. The third-order valence-electron chi connectivity index (χ3n) is 4.66. The highest BCUT2D eigenvalue weighted by atomic mass is 32.2. The standard InChI is InChI=1S/C26H22N2O6S/c1-34-26(33)20-12-5-6-13-21(20)28-25(32)24(17-8-3-2-4-9-17)35-19-11-7-10-18(16-19)27-22(29)14-15-23(30)31/h2-16,24H,1H3,(H,27,29)(H,28,32)(H,30,31)/b15-14+. The van der Waals surface area contributed by atoms with Crippen molar-refractivity contribution in [2.45, 2.75) is 10.1 Å². The highest BCUT2D eigenvalue weighted by molar-refractivity contribution is 8.00. The first-order chi connectivity index (χ1) is 16.9. The molecular weight excluding hydrogens is 468 g/mol. The number of rotatable bonds is 9. The van der Waals surface area contributed by atoms with E-state index in [1.807, 2.05) is 30.3 Å². The van der Waals surface area contributed by atoms with E-state index in [9.17, 15) is 19.2 Å². The quantitative estimate of drug-likeness (QED) is 0.229. The van der Waals surface area contributed by atoms with Gasteiger partial charge in [-0.1, -0.05) is 48.5 Å². The summed E-state index contributed by atoms with van der Waals surface area (Å²) in [5, 5.41) is 13.4. The van der Waals surface area contributed by atoms with Crippen LogP contribution in [0.25, 0.3) is 0 Å². The molecule has 1 unspecified atom stereocenters. The lowest BCUT2D eigenvalue weighted by Gasteiger charge is -2.18. The van der Waals surface area contributed by atoms with Crippen molar-refractivity contribution in [3.05, 3.63) is 102 Å². The third-order valence-corrected chi connectivity index (χ3v) is 5.91. The average molecular weight is 491 g/mol. The van der Waals surface area contributed by atoms with Gasteiger partial charge in [-0.15, -0.1) is 11.8 Å². The number of aliphatic carboxylic acids is 1. The highest BCUT2D eigenvalue weighted by Crippen LogP contribution is 2.37. The summed E-state index contributed by atoms with van der Waals surface area (Å²) >= 11 is 1.26. The van der Waals surface area contributed by atoms with Gasteiger partial charge in [-0.05, 0) is 35.9 Å². The number of ether oxygens (including phenoxy) is 1. The molecule has 2 amide bonds. The normalized spacial score (nSPS) is 11.5. The van der Waals surface area contributed by atoms with E-state index in [1.165, 1.54) is 18.9 Å². The summed E-state index contributed by atoms with van der Waals surface area (Å²) in [5.74, 6) is -2.73. The fourth-order valence-corrected chi connectivity index (χ4v) is 4.18. The molecule has 8 nitrogen and oxygen atoms in total. The Morgan fingerprint density at radius 3 is 2.31 bits per heavy atom. The molecule has 0 saturated carbocycles. The Kier molecular flexibility index (Phi) is 8.80. The highest BCUT2D eigenvalue weighted by Gasteiger charge is 2.24. The van der Waals surface area contributed by atoms with Gasteiger partial charge in [-0.3, -0.25) is 9.59 Å². The molecule has 9 heteroatoms. The zero-order valence-corrected chi connectivity index (χ0v) is 19.5. The SMILES string of the molecule is COC(=O)c1ccccc1NC(=O)C(Sc1cccc(NC(=O)/C=C/C(=O)O)c1)c1ccccc1. The van der Waals surface area contributed by atoms with Gasteiger partial charge in [0.2, 0.25) is 11.8 Å². The van der Waals surface area contributed by atoms with E-state index < -0.39 is 23.1 Å². The van der Waals surface area contributed by atoms with E-state index >= 15 is 0 Å². The summed E-state index contributed by atoms with van der Waals surface area (Å²) in [6.45, 7) is 0. The maximum absolute atomic E-state index is 13.4. The van der Waals surface area contributed by atoms with Crippen molar-refractivity contribution in [1.29, 1.82) is 0 Å². The first kappa shape index (κ1) is 25.3. The van der Waals surface area contributed by atoms with Crippen molar-refractivity contribution in [3.63, 3.8) is 0 Å². The number of amides is 2. The topological polar surface area (TPSA) is 122 Å². The van der Waals surface area contributed by atoms with Gasteiger partial charge in [0.15, 0.2) is 0 Å². The van der Waals surface area contributed by atoms with Crippen LogP contribution in [-0.2, 0) is 19.1 Å². The number of benzene rings is 3. The van der Waals surface area contributed by atoms with Crippen LogP contribution >= 0.6 is 11.8 Å². The van der Waals surface area contributed by atoms with Gasteiger partial charge in [0.05, 0.1) is 18.4 Å². The summed E-state index contributed by atoms with van der Waals surface area (Å²) in [6.07, 6.45) is 1.66. The van der Waals surface area contributed by atoms with E-state index in [4.69, 9.17) is 9.84 Å². The molecule has 3 aromatic rings. The van der Waals surface area contributed by atoms with E-state index in [1.54, 1.807) is 48.5 Å². The van der Waals surface area contributed by atoms with Gasteiger partial charge in [0, 0.05) is 22.7 Å². The van der Waals surface area contributed by atoms with Crippen molar-refractivity contribution >= 4 is 46.9 Å². The Balaban J connectivity index is 1.85. The number of methoxy groups -OCH3 is 1. The number of esters is 1. The minimum atomic E-state index is -1.23. The fourth-order valence-electron chi connectivity index (χ4n) is 3.09. The summed E-state index contributed by atoms with van der Waals surface area (Å²) in [6, 6.07) is 22.6. The van der Waals surface area contributed by atoms with E-state index in [-0.39, 0.29) is 11.5 Å². The Morgan fingerprint density at radius 2 is 1.60 bits per heavy atom. The Labute approximate surface area is 206 Å². The second-order valence-corrected chi connectivity index (χ2v) is 8.30. The number of para-hydroxylation sites is 1. The van der Waals surface area contributed by atoms with Crippen LogP contribution in [0.1, 0.15) is 21.2 Å². The first-order valence-corrected chi connectivity index (χ1v) is 11.3. The van der Waals surface area contributed by atoms with Crippen LogP contribution in [0.5, 0.6) is 0 Å². The molecule has 1 atom stereocenters. The first-order valence-electron chi connectivity index (χ1n) is 10.4. The lowest BCUT2D eigenvalue weighted by atomic mass is 10.1. The molecule has 0 heterocycles. The van der Waals surface area contributed by atoms with Crippen molar-refractivity contribution in [2.24, 2.45) is 0 Å². The molecule has 0 saturated heterocycles. The minimum absolute atomic E-state index is 0.235. The second-order valence-electron chi connectivity index (χ2n) is 7.12. The van der Waals surface area contributed by atoms with Crippen molar-refractivity contribution < 1.29 is 29.0 Å². The van der Waals surface area contributed by atoms with Crippen LogP contribution in [0.15, 0.2) is 95.9 Å². The number of carboxylic acids is 1. The van der Waals surface area contributed by atoms with Crippen LogP contribution in [-0.4, -0.2) is 36.0 Å². The van der Waals surface area contributed by atoms with Crippen LogP contribution in [0.2, 0.25) is 0 Å². The summed E-state index contributed by atoms with van der Waals surface area (Å²) in [5.41, 5.74) is 1.75. The van der Waals surface area contributed by atoms with Gasteiger partial charge in [-0.25, -0.2) is 9.59 Å². The van der Waals surface area contributed by atoms with E-state index in [0.29, 0.717) is 16.3 Å². The van der Waals surface area contributed by atoms with Crippen LogP contribution in [0, 0.1) is 0 Å². The zero-order chi connectivity index (χ0) is 25.2. The van der Waals surface area contributed by atoms with Gasteiger partial charge < -0.3 is 20.5 Å². The number of thioether (sulfide) groups is 1. The van der Waals surface area contributed by atoms with Crippen LogP contribution in [0.3, 0.4) is 0 Å². The Bertz CT molecular complexity index is 1260. The van der Waals surface area contributed by atoms with Crippen molar-refractivity contribution in [2.75, 3.05) is 17.7 Å². The molecule has 0 aromatic heterocycles. The third kappa shape index (κ3) is 7.31. The molecule has 3 aromatic carbocycles. The molecule has 3 rings (SSSR count).